The fraction of sp³-hybridized carbons (Fsp3) is 0.767. The van der Waals surface area contributed by atoms with Crippen molar-refractivity contribution >= 4 is 36.1 Å². The average Bonchev–Trinajstić information content (AvgIpc) is 3.36. The van der Waals surface area contributed by atoms with Crippen molar-refractivity contribution in [3.8, 4) is 0 Å². The maximum atomic E-state index is 13.8. The van der Waals surface area contributed by atoms with Gasteiger partial charge in [0.05, 0.1) is 22.5 Å². The van der Waals surface area contributed by atoms with Crippen LogP contribution in [0.15, 0.2) is 17.5 Å². The lowest BCUT2D eigenvalue weighted by Gasteiger charge is -2.64. The largest absolute Gasteiger partial charge is 0.481 e. The van der Waals surface area contributed by atoms with Crippen LogP contribution in [0.2, 0.25) is 0 Å². The average molecular weight is 647 g/mol. The zero-order valence-electron chi connectivity index (χ0n) is 26.9. The lowest BCUT2D eigenvalue weighted by molar-refractivity contribution is -0.627. The van der Waals surface area contributed by atoms with E-state index < -0.39 is 36.0 Å². The van der Waals surface area contributed by atoms with Crippen LogP contribution in [0.5, 0.6) is 0 Å². The molecule has 7 atom stereocenters. The van der Waals surface area contributed by atoms with Gasteiger partial charge in [-0.2, -0.15) is 0 Å². The monoisotopic (exact) mass is 646 g/mol. The first-order chi connectivity index (χ1) is 21.3. The van der Waals surface area contributed by atoms with Crippen LogP contribution in [-0.4, -0.2) is 71.4 Å². The first kappa shape index (κ1) is 33.8. The van der Waals surface area contributed by atoms with Crippen LogP contribution in [0.4, 0.5) is 0 Å². The second-order valence-corrected chi connectivity index (χ2v) is 15.1. The Hall–Kier alpha value is -2.59. The Labute approximate surface area is 269 Å². The molecular formula is C30H47BN6O7S. The highest BCUT2D eigenvalue weighted by Gasteiger charge is 2.68. The number of nitro groups is 1. The topological polar surface area (TPSA) is 174 Å². The van der Waals surface area contributed by atoms with Gasteiger partial charge in [0.2, 0.25) is 18.1 Å². The number of carbonyl (C=O) groups is 3. The predicted octanol–water partition coefficient (Wildman–Crippen LogP) is 3.05. The molecule has 4 N–H and O–H groups in total. The van der Waals surface area contributed by atoms with Gasteiger partial charge in [-0.1, -0.05) is 33.8 Å². The number of hydrogen-bond donors (Lipinski definition) is 4. The number of amides is 2. The van der Waals surface area contributed by atoms with Gasteiger partial charge in [-0.15, -0.1) is 16.8 Å². The van der Waals surface area contributed by atoms with Crippen molar-refractivity contribution in [2.75, 3.05) is 6.54 Å². The molecule has 5 aliphatic rings. The van der Waals surface area contributed by atoms with E-state index in [-0.39, 0.29) is 47.9 Å². The van der Waals surface area contributed by atoms with E-state index in [4.69, 9.17) is 9.31 Å². The van der Waals surface area contributed by atoms with E-state index in [0.29, 0.717) is 48.9 Å². The Balaban J connectivity index is 1.19. The second kappa shape index (κ2) is 13.6. The predicted molar refractivity (Wildman–Crippen MR) is 169 cm³/mol. The highest BCUT2D eigenvalue weighted by molar-refractivity contribution is 7.12. The SMILES string of the molecule is CC(C)C[C@H](NC(=O)[C@H](CCCNC1NN1[N+](=O)[O-])NC(=O)CCCC(=O)c1cccs1)B1O[C@@H]2C[C@@H]3C[C@@H](C3(C)C)[C@]2(C)O1. The molecule has 1 unspecified atom stereocenters. The summed E-state index contributed by atoms with van der Waals surface area (Å²) >= 11 is 1.38. The normalized spacial score (nSPS) is 29.0. The molecule has 5 fully saturated rings. The van der Waals surface area contributed by atoms with Crippen LogP contribution in [0, 0.1) is 33.3 Å². The van der Waals surface area contributed by atoms with Crippen LogP contribution in [0.3, 0.4) is 0 Å². The summed E-state index contributed by atoms with van der Waals surface area (Å²) in [7, 11) is -0.586. The Morgan fingerprint density at radius 2 is 1.98 bits per heavy atom. The third-order valence-corrected chi connectivity index (χ3v) is 11.1. The first-order valence-corrected chi connectivity index (χ1v) is 17.1. The number of nitrogens with one attached hydrogen (secondary N) is 4. The first-order valence-electron chi connectivity index (χ1n) is 16.2. The maximum Gasteiger partial charge on any atom is 0.481 e. The molecule has 6 rings (SSSR count). The summed E-state index contributed by atoms with van der Waals surface area (Å²) in [5.74, 6) is 0.239. The second-order valence-electron chi connectivity index (χ2n) is 14.2. The highest BCUT2D eigenvalue weighted by Crippen LogP contribution is 2.65. The molecule has 0 radical (unpaired) electrons. The summed E-state index contributed by atoms with van der Waals surface area (Å²) in [6.45, 7) is 11.4. The molecule has 3 saturated carbocycles. The van der Waals surface area contributed by atoms with Crippen molar-refractivity contribution in [2.45, 2.75) is 116 Å². The summed E-state index contributed by atoms with van der Waals surface area (Å²) in [5.41, 5.74) is 2.38. The fourth-order valence-corrected chi connectivity index (χ4v) is 8.21. The van der Waals surface area contributed by atoms with Gasteiger partial charge in [-0.3, -0.25) is 19.7 Å². The summed E-state index contributed by atoms with van der Waals surface area (Å²) in [6.07, 6.45) is 3.71. The molecule has 13 nitrogen and oxygen atoms in total. The molecule has 2 amide bonds. The lowest BCUT2D eigenvalue weighted by atomic mass is 9.43. The minimum atomic E-state index is -0.827. The molecule has 0 spiro atoms. The van der Waals surface area contributed by atoms with Crippen molar-refractivity contribution < 1.29 is 28.7 Å². The fourth-order valence-electron chi connectivity index (χ4n) is 7.52. The Morgan fingerprint density at radius 1 is 1.20 bits per heavy atom. The molecule has 2 aliphatic heterocycles. The molecule has 45 heavy (non-hydrogen) atoms. The third-order valence-electron chi connectivity index (χ3n) is 10.2. The van der Waals surface area contributed by atoms with Gasteiger partial charge in [0.1, 0.15) is 6.04 Å². The smallest absolute Gasteiger partial charge is 0.404 e. The minimum absolute atomic E-state index is 0.00104. The molecule has 3 aliphatic carbocycles. The Kier molecular flexibility index (Phi) is 10.2. The number of carbonyl (C=O) groups excluding carboxylic acids is 3. The van der Waals surface area contributed by atoms with Gasteiger partial charge in [0.15, 0.2) is 10.8 Å². The van der Waals surface area contributed by atoms with Crippen LogP contribution in [-0.2, 0) is 18.9 Å². The van der Waals surface area contributed by atoms with Gasteiger partial charge in [0, 0.05) is 12.8 Å². The van der Waals surface area contributed by atoms with E-state index in [1.165, 1.54) is 11.3 Å². The van der Waals surface area contributed by atoms with Gasteiger partial charge >= 0.3 is 7.12 Å². The Morgan fingerprint density at radius 3 is 2.62 bits per heavy atom. The standard InChI is InChI=1S/C30H47BN6O7S/c1-18(2)15-25(31-43-24-17-19-16-23(29(19,3)4)30(24,5)44-31)34-27(40)20(9-7-13-32-28-35-36(28)37(41)42)33-26(39)12-6-10-21(38)22-11-8-14-45-22/h8,11,14,18-20,23-25,28,32,35H,6-7,9-10,12-13,15-17H2,1-5H3,(H,33,39)(H,34,40)/t19-,20-,23-,24+,25-,28?,30-,36?/m0/s1. The number of rotatable bonds is 17. The quantitative estimate of drug-likeness (QED) is 0.0492. The van der Waals surface area contributed by atoms with Crippen molar-refractivity contribution in [3.63, 3.8) is 0 Å². The number of ketones is 1. The van der Waals surface area contributed by atoms with Crippen molar-refractivity contribution in [2.24, 2.45) is 23.2 Å². The maximum absolute atomic E-state index is 13.8. The summed E-state index contributed by atoms with van der Waals surface area (Å²) in [6, 6.07) is 2.77. The molecule has 1 aromatic rings. The summed E-state index contributed by atoms with van der Waals surface area (Å²) < 4.78 is 13.2. The van der Waals surface area contributed by atoms with Crippen molar-refractivity contribution in [1.82, 2.24) is 26.5 Å². The number of hydrogen-bond acceptors (Lipinski definition) is 10. The van der Waals surface area contributed by atoms with Crippen molar-refractivity contribution in [1.29, 1.82) is 0 Å². The third kappa shape index (κ3) is 7.53. The number of thiophene rings is 1. The zero-order valence-corrected chi connectivity index (χ0v) is 27.7. The van der Waals surface area contributed by atoms with Gasteiger partial charge in [-0.25, -0.2) is 10.1 Å². The minimum Gasteiger partial charge on any atom is -0.404 e. The molecule has 2 saturated heterocycles. The van der Waals surface area contributed by atoms with Crippen LogP contribution >= 0.6 is 11.3 Å². The molecule has 3 heterocycles. The van der Waals surface area contributed by atoms with E-state index in [1.54, 1.807) is 6.07 Å². The van der Waals surface area contributed by atoms with Crippen LogP contribution < -0.4 is 21.4 Å². The van der Waals surface area contributed by atoms with Crippen LogP contribution in [0.1, 0.15) is 95.7 Å². The van der Waals surface area contributed by atoms with E-state index in [1.807, 2.05) is 11.4 Å². The number of Topliss-reactive ketones (excluding diaryl/α,β-unsaturated/α-hetero) is 1. The van der Waals surface area contributed by atoms with Gasteiger partial charge in [-0.05, 0) is 91.7 Å². The highest BCUT2D eigenvalue weighted by atomic mass is 32.1. The molecule has 1 aromatic heterocycles. The molecule has 0 aromatic carbocycles. The van der Waals surface area contributed by atoms with Crippen molar-refractivity contribution in [3.05, 3.63) is 32.5 Å². The molecule has 2 bridgehead atoms. The van der Waals surface area contributed by atoms with E-state index in [2.05, 4.69) is 56.0 Å². The Bertz CT molecular complexity index is 1250. The van der Waals surface area contributed by atoms with Crippen LogP contribution in [0.25, 0.3) is 0 Å². The zero-order chi connectivity index (χ0) is 32.5. The summed E-state index contributed by atoms with van der Waals surface area (Å²) in [5, 5.41) is 22.1. The molecule has 15 heteroatoms. The number of hydrazine groups is 2. The lowest BCUT2D eigenvalue weighted by Crippen LogP contribution is -2.65. The van der Waals surface area contributed by atoms with E-state index in [9.17, 15) is 24.5 Å². The van der Waals surface area contributed by atoms with Gasteiger partial charge in [0.25, 0.3) is 0 Å². The number of nitrogens with zero attached hydrogens (tertiary/aromatic N) is 2. The summed E-state index contributed by atoms with van der Waals surface area (Å²) in [4.78, 5) is 50.6. The van der Waals surface area contributed by atoms with E-state index in [0.717, 1.165) is 18.0 Å². The molecular weight excluding hydrogens is 599 g/mol. The van der Waals surface area contributed by atoms with Gasteiger partial charge < -0.3 is 19.9 Å². The molecule has 248 valence electrons. The van der Waals surface area contributed by atoms with E-state index >= 15 is 0 Å².